The van der Waals surface area contributed by atoms with Crippen LogP contribution in [0.3, 0.4) is 0 Å². The Balaban J connectivity index is 1.87. The van der Waals surface area contributed by atoms with E-state index in [1.165, 1.54) is 0 Å². The molecule has 0 aromatic carbocycles. The van der Waals surface area contributed by atoms with Crippen molar-refractivity contribution in [3.63, 3.8) is 0 Å². The van der Waals surface area contributed by atoms with E-state index in [0.29, 0.717) is 23.7 Å². The topological polar surface area (TPSA) is 115 Å². The van der Waals surface area contributed by atoms with E-state index < -0.39 is 12.1 Å². The number of aromatic nitrogens is 1. The molecule has 2 atom stereocenters. The van der Waals surface area contributed by atoms with Gasteiger partial charge in [0.15, 0.2) is 0 Å². The lowest BCUT2D eigenvalue weighted by atomic mass is 10.2. The second-order valence-electron chi connectivity index (χ2n) is 4.60. The average molecular weight is 299 g/mol. The summed E-state index contributed by atoms with van der Waals surface area (Å²) in [7, 11) is 0. The monoisotopic (exact) mass is 299 g/mol. The number of aromatic carboxylic acids is 1. The molecule has 1 aromatic rings. The SMILES string of the molecule is Cc1nc(CNC(=O)C2CCC(CN)O2)sc1C(=O)O. The Hall–Kier alpha value is -1.51. The molecule has 1 fully saturated rings. The predicted octanol–water partition coefficient (Wildman–Crippen LogP) is 0.272. The molecule has 0 saturated carbocycles. The second kappa shape index (κ2) is 6.29. The number of carboxylic acid groups (broad SMARTS) is 1. The molecule has 1 saturated heterocycles. The molecule has 2 rings (SSSR count). The van der Waals surface area contributed by atoms with Gasteiger partial charge < -0.3 is 20.9 Å². The van der Waals surface area contributed by atoms with Gasteiger partial charge in [-0.2, -0.15) is 0 Å². The summed E-state index contributed by atoms with van der Waals surface area (Å²) in [4.78, 5) is 27.1. The number of carbonyl (C=O) groups is 2. The van der Waals surface area contributed by atoms with Crippen LogP contribution in [-0.4, -0.2) is 40.7 Å². The van der Waals surface area contributed by atoms with Crippen molar-refractivity contribution in [2.75, 3.05) is 6.54 Å². The van der Waals surface area contributed by atoms with E-state index in [2.05, 4.69) is 10.3 Å². The van der Waals surface area contributed by atoms with E-state index in [-0.39, 0.29) is 23.4 Å². The highest BCUT2D eigenvalue weighted by molar-refractivity contribution is 7.13. The van der Waals surface area contributed by atoms with Gasteiger partial charge in [-0.3, -0.25) is 4.79 Å². The molecule has 20 heavy (non-hydrogen) atoms. The normalized spacial score (nSPS) is 21.9. The summed E-state index contributed by atoms with van der Waals surface area (Å²) in [5, 5.41) is 12.2. The highest BCUT2D eigenvalue weighted by Crippen LogP contribution is 2.20. The molecule has 1 aromatic heterocycles. The Morgan fingerprint density at radius 2 is 2.30 bits per heavy atom. The van der Waals surface area contributed by atoms with Gasteiger partial charge in [0, 0.05) is 6.54 Å². The minimum absolute atomic E-state index is 0.0496. The number of ether oxygens (including phenoxy) is 1. The minimum atomic E-state index is -0.998. The third-order valence-corrected chi connectivity index (χ3v) is 4.26. The van der Waals surface area contributed by atoms with Gasteiger partial charge in [0.2, 0.25) is 5.91 Å². The number of carboxylic acids is 1. The van der Waals surface area contributed by atoms with E-state index in [0.717, 1.165) is 17.8 Å². The fourth-order valence-electron chi connectivity index (χ4n) is 2.07. The fourth-order valence-corrected chi connectivity index (χ4v) is 2.92. The number of amides is 1. The first-order chi connectivity index (χ1) is 9.51. The molecule has 0 aliphatic carbocycles. The molecule has 0 bridgehead atoms. The van der Waals surface area contributed by atoms with Gasteiger partial charge in [-0.1, -0.05) is 0 Å². The summed E-state index contributed by atoms with van der Waals surface area (Å²) in [6.45, 7) is 2.26. The maximum atomic E-state index is 11.9. The lowest BCUT2D eigenvalue weighted by molar-refractivity contribution is -0.132. The number of nitrogens with two attached hydrogens (primary N) is 1. The minimum Gasteiger partial charge on any atom is -0.477 e. The molecule has 8 heteroatoms. The van der Waals surface area contributed by atoms with Crippen molar-refractivity contribution >= 4 is 23.2 Å². The van der Waals surface area contributed by atoms with E-state index in [9.17, 15) is 9.59 Å². The van der Waals surface area contributed by atoms with Crippen molar-refractivity contribution in [1.29, 1.82) is 0 Å². The summed E-state index contributed by atoms with van der Waals surface area (Å²) in [6.07, 6.45) is 0.925. The lowest BCUT2D eigenvalue weighted by Crippen LogP contribution is -2.35. The van der Waals surface area contributed by atoms with Gasteiger partial charge in [-0.25, -0.2) is 9.78 Å². The lowest BCUT2D eigenvalue weighted by Gasteiger charge is -2.11. The zero-order chi connectivity index (χ0) is 14.7. The molecule has 0 radical (unpaired) electrons. The Morgan fingerprint density at radius 3 is 2.85 bits per heavy atom. The molecule has 4 N–H and O–H groups in total. The van der Waals surface area contributed by atoms with Crippen molar-refractivity contribution in [3.8, 4) is 0 Å². The molecule has 1 amide bonds. The van der Waals surface area contributed by atoms with Crippen LogP contribution in [-0.2, 0) is 16.1 Å². The molecule has 2 unspecified atom stereocenters. The number of hydrogen-bond acceptors (Lipinski definition) is 6. The summed E-state index contributed by atoms with van der Waals surface area (Å²) < 4.78 is 5.48. The van der Waals surface area contributed by atoms with E-state index in [1.807, 2.05) is 0 Å². The largest absolute Gasteiger partial charge is 0.477 e. The third kappa shape index (κ3) is 3.33. The number of thiazole rings is 1. The number of nitrogens with one attached hydrogen (secondary N) is 1. The van der Waals surface area contributed by atoms with Crippen LogP contribution in [0.25, 0.3) is 0 Å². The highest BCUT2D eigenvalue weighted by Gasteiger charge is 2.29. The standard InChI is InChI=1S/C12H17N3O4S/c1-6-10(12(17)18)20-9(15-6)5-14-11(16)8-3-2-7(4-13)19-8/h7-8H,2-5,13H2,1H3,(H,14,16)(H,17,18). The van der Waals surface area contributed by atoms with Crippen LogP contribution in [0.5, 0.6) is 0 Å². The summed E-state index contributed by atoms with van der Waals surface area (Å²) in [5.74, 6) is -1.20. The van der Waals surface area contributed by atoms with Crippen LogP contribution in [0.4, 0.5) is 0 Å². The zero-order valence-electron chi connectivity index (χ0n) is 11.1. The Bertz CT molecular complexity index is 517. The van der Waals surface area contributed by atoms with Crippen LogP contribution in [0.2, 0.25) is 0 Å². The third-order valence-electron chi connectivity index (χ3n) is 3.11. The molecule has 110 valence electrons. The van der Waals surface area contributed by atoms with Crippen LogP contribution in [0.15, 0.2) is 0 Å². The van der Waals surface area contributed by atoms with Crippen LogP contribution < -0.4 is 11.1 Å². The van der Waals surface area contributed by atoms with Crippen molar-refractivity contribution in [2.45, 2.75) is 38.5 Å². The van der Waals surface area contributed by atoms with Gasteiger partial charge in [-0.05, 0) is 19.8 Å². The van der Waals surface area contributed by atoms with Crippen LogP contribution in [0.1, 0.15) is 33.2 Å². The van der Waals surface area contributed by atoms with Gasteiger partial charge in [-0.15, -0.1) is 11.3 Å². The molecule has 7 nitrogen and oxygen atoms in total. The number of carbonyl (C=O) groups excluding carboxylic acids is 1. The quantitative estimate of drug-likeness (QED) is 0.719. The molecule has 1 aliphatic rings. The van der Waals surface area contributed by atoms with Crippen LogP contribution in [0, 0.1) is 6.92 Å². The van der Waals surface area contributed by atoms with Crippen molar-refractivity contribution in [1.82, 2.24) is 10.3 Å². The van der Waals surface area contributed by atoms with Gasteiger partial charge >= 0.3 is 5.97 Å². The Kier molecular flexibility index (Phi) is 4.69. The molecule has 2 heterocycles. The Labute approximate surface area is 120 Å². The fraction of sp³-hybridized carbons (Fsp3) is 0.583. The predicted molar refractivity (Wildman–Crippen MR) is 72.6 cm³/mol. The number of aryl methyl sites for hydroxylation is 1. The van der Waals surface area contributed by atoms with Gasteiger partial charge in [0.25, 0.3) is 0 Å². The number of hydrogen-bond donors (Lipinski definition) is 3. The van der Waals surface area contributed by atoms with Crippen molar-refractivity contribution in [3.05, 3.63) is 15.6 Å². The first kappa shape index (κ1) is 14.9. The summed E-state index contributed by atoms with van der Waals surface area (Å²) in [6, 6.07) is 0. The van der Waals surface area contributed by atoms with Gasteiger partial charge in [0.05, 0.1) is 18.3 Å². The van der Waals surface area contributed by atoms with Crippen LogP contribution >= 0.6 is 11.3 Å². The van der Waals surface area contributed by atoms with E-state index in [1.54, 1.807) is 6.92 Å². The second-order valence-corrected chi connectivity index (χ2v) is 5.69. The number of nitrogens with zero attached hydrogens (tertiary/aromatic N) is 1. The smallest absolute Gasteiger partial charge is 0.347 e. The Morgan fingerprint density at radius 1 is 1.55 bits per heavy atom. The van der Waals surface area contributed by atoms with E-state index in [4.69, 9.17) is 15.6 Å². The summed E-state index contributed by atoms with van der Waals surface area (Å²) in [5.41, 5.74) is 5.95. The molecule has 0 spiro atoms. The molecule has 1 aliphatic heterocycles. The maximum Gasteiger partial charge on any atom is 0.347 e. The first-order valence-corrected chi connectivity index (χ1v) is 7.15. The van der Waals surface area contributed by atoms with Crippen molar-refractivity contribution in [2.24, 2.45) is 5.73 Å². The summed E-state index contributed by atoms with van der Waals surface area (Å²) >= 11 is 1.07. The average Bonchev–Trinajstić information content (AvgIpc) is 3.02. The first-order valence-electron chi connectivity index (χ1n) is 6.34. The van der Waals surface area contributed by atoms with Gasteiger partial charge in [0.1, 0.15) is 16.0 Å². The zero-order valence-corrected chi connectivity index (χ0v) is 11.9. The van der Waals surface area contributed by atoms with E-state index >= 15 is 0 Å². The molecular formula is C12H17N3O4S. The molecular weight excluding hydrogens is 282 g/mol. The highest BCUT2D eigenvalue weighted by atomic mass is 32.1. The van der Waals surface area contributed by atoms with Crippen molar-refractivity contribution < 1.29 is 19.4 Å². The maximum absolute atomic E-state index is 11.9. The number of rotatable bonds is 5.